The molecule has 7 rings (SSSR count). The van der Waals surface area contributed by atoms with E-state index < -0.39 is 0 Å². The number of ether oxygens (including phenoxy) is 1. The third-order valence-electron chi connectivity index (χ3n) is 14.5. The van der Waals surface area contributed by atoms with Crippen LogP contribution in [-0.2, 0) is 20.7 Å². The van der Waals surface area contributed by atoms with Crippen LogP contribution >= 0.6 is 0 Å². The lowest BCUT2D eigenvalue weighted by molar-refractivity contribution is -0.137. The summed E-state index contributed by atoms with van der Waals surface area (Å²) in [6.07, 6.45) is 13.2. The first-order valence-electron chi connectivity index (χ1n) is 18.3. The van der Waals surface area contributed by atoms with Crippen molar-refractivity contribution in [1.82, 2.24) is 16.0 Å². The first kappa shape index (κ1) is 31.5. The third kappa shape index (κ3) is 5.52. The number of phenolic OH excluding ortho intramolecular Hbond substituents is 1. The summed E-state index contributed by atoms with van der Waals surface area (Å²) < 4.78 is 7.08. The number of nitrogens with one attached hydrogen (secondary N) is 3. The molecule has 0 aromatic heterocycles. The number of hydrogen-bond donors (Lipinski definition) is 4. The number of hydrogen-bond acceptors (Lipinski definition) is 5. The fourth-order valence-corrected chi connectivity index (χ4v) is 12.1. The zero-order valence-electron chi connectivity index (χ0n) is 28.1. The second-order valence-electron chi connectivity index (χ2n) is 16.8. The molecule has 6 fully saturated rings. The van der Waals surface area contributed by atoms with Gasteiger partial charge in [-0.15, -0.1) is 0 Å². The van der Waals surface area contributed by atoms with Crippen molar-refractivity contribution in [2.75, 3.05) is 13.1 Å². The van der Waals surface area contributed by atoms with Crippen molar-refractivity contribution < 1.29 is 19.4 Å². The van der Waals surface area contributed by atoms with E-state index in [1.54, 1.807) is 12.1 Å². The molecule has 12 atom stereocenters. The molecule has 2 amide bonds. The quantitative estimate of drug-likeness (QED) is 0.295. The summed E-state index contributed by atoms with van der Waals surface area (Å²) in [7, 11) is 0. The average Bonchev–Trinajstić information content (AvgIpc) is 3.45. The van der Waals surface area contributed by atoms with Crippen LogP contribution in [0.3, 0.4) is 0 Å². The Morgan fingerprint density at radius 1 is 0.933 bits per heavy atom. The minimum Gasteiger partial charge on any atom is -0.508 e. The van der Waals surface area contributed by atoms with E-state index in [0.29, 0.717) is 47.7 Å². The molecule has 1 aromatic rings. The summed E-state index contributed by atoms with van der Waals surface area (Å²) in [5.74, 6) is 4.86. The number of carbonyl (C=O) groups excluding carboxylic acids is 2. The SMILES string of the molecule is C[C@@H]1CC[C@@]2(NC1)O[C@H]1C[C@H]3[C@@H]4CC[C@H]5CC(NC(=O)CC(=O)NCCc6ccc(O)cc6)CC[C@]5(C)[C@H]4CC[C@]3(C)[C@H]1[C@@H]2C. The number of amides is 2. The van der Waals surface area contributed by atoms with Gasteiger partial charge in [0.25, 0.3) is 0 Å². The number of benzene rings is 1. The predicted molar refractivity (Wildman–Crippen MR) is 175 cm³/mol. The third-order valence-corrected chi connectivity index (χ3v) is 14.5. The molecule has 7 nitrogen and oxygen atoms in total. The molecule has 2 heterocycles. The molecule has 6 aliphatic rings. The van der Waals surface area contributed by atoms with E-state index in [2.05, 4.69) is 43.6 Å². The molecule has 2 aliphatic heterocycles. The molecular weight excluding hydrogens is 562 g/mol. The molecule has 1 aromatic carbocycles. The van der Waals surface area contributed by atoms with Gasteiger partial charge in [-0.3, -0.25) is 14.9 Å². The Morgan fingerprint density at radius 2 is 1.71 bits per heavy atom. The molecule has 4 N–H and O–H groups in total. The van der Waals surface area contributed by atoms with Crippen LogP contribution in [0.2, 0.25) is 0 Å². The van der Waals surface area contributed by atoms with Gasteiger partial charge in [0.05, 0.1) is 6.10 Å². The van der Waals surface area contributed by atoms with Gasteiger partial charge in [0.2, 0.25) is 11.8 Å². The smallest absolute Gasteiger partial charge is 0.229 e. The van der Waals surface area contributed by atoms with E-state index in [-0.39, 0.29) is 35.8 Å². The Morgan fingerprint density at radius 3 is 2.47 bits per heavy atom. The van der Waals surface area contributed by atoms with Crippen LogP contribution in [0.25, 0.3) is 0 Å². The lowest BCUT2D eigenvalue weighted by Crippen LogP contribution is -2.58. The number of rotatable bonds is 6. The van der Waals surface area contributed by atoms with Crippen LogP contribution in [0.15, 0.2) is 24.3 Å². The minimum atomic E-state index is -0.225. The summed E-state index contributed by atoms with van der Waals surface area (Å²) in [6.45, 7) is 11.7. The van der Waals surface area contributed by atoms with Crippen molar-refractivity contribution in [3.63, 3.8) is 0 Å². The van der Waals surface area contributed by atoms with Crippen molar-refractivity contribution in [3.05, 3.63) is 29.8 Å². The van der Waals surface area contributed by atoms with Gasteiger partial charge in [0.1, 0.15) is 17.9 Å². The number of fused-ring (bicyclic) bond motifs is 7. The number of phenols is 1. The largest absolute Gasteiger partial charge is 0.508 e. The Bertz CT molecular complexity index is 1260. The van der Waals surface area contributed by atoms with E-state index in [1.807, 2.05) is 12.1 Å². The summed E-state index contributed by atoms with van der Waals surface area (Å²) in [4.78, 5) is 25.3. The molecule has 2 saturated heterocycles. The standard InChI is InChI=1S/C38H57N3O4/c1-23-11-17-38(40-22-23)24(2)35-32(45-38)20-31-29-10-7-26-19-27(12-15-36(26,3)30(29)13-16-37(31,35)4)41-34(44)21-33(43)39-18-14-25-5-8-28(42)9-6-25/h5-6,8-9,23-24,26-27,29-32,35,40,42H,7,10-22H2,1-4H3,(H,39,43)(H,41,44)/t23-,24+,26+,27?,29-,30+,31+,32+,35+,36+,37+,38-/m1/s1. The first-order chi connectivity index (χ1) is 21.5. The summed E-state index contributed by atoms with van der Waals surface area (Å²) >= 11 is 0. The fraction of sp³-hybridized carbons (Fsp3) is 0.789. The molecule has 4 saturated carbocycles. The topological polar surface area (TPSA) is 99.7 Å². The fourth-order valence-electron chi connectivity index (χ4n) is 12.1. The highest BCUT2D eigenvalue weighted by atomic mass is 16.5. The normalized spacial score (nSPS) is 45.2. The summed E-state index contributed by atoms with van der Waals surface area (Å²) in [5.41, 5.74) is 1.69. The highest BCUT2D eigenvalue weighted by Crippen LogP contribution is 2.71. The molecule has 0 bridgehead atoms. The van der Waals surface area contributed by atoms with Crippen LogP contribution in [0, 0.1) is 52.3 Å². The molecule has 0 radical (unpaired) electrons. The van der Waals surface area contributed by atoms with Gasteiger partial charge in [0, 0.05) is 25.0 Å². The number of aromatic hydroxyl groups is 1. The average molecular weight is 620 g/mol. The second kappa shape index (κ2) is 11.8. The summed E-state index contributed by atoms with van der Waals surface area (Å²) in [5, 5.41) is 19.5. The second-order valence-corrected chi connectivity index (χ2v) is 16.8. The van der Waals surface area contributed by atoms with Crippen LogP contribution in [0.5, 0.6) is 5.75 Å². The van der Waals surface area contributed by atoms with Crippen LogP contribution in [0.4, 0.5) is 0 Å². The van der Waals surface area contributed by atoms with Gasteiger partial charge in [-0.05, 0) is 135 Å². The maximum absolute atomic E-state index is 12.9. The Hall–Kier alpha value is -2.12. The highest BCUT2D eigenvalue weighted by Gasteiger charge is 2.68. The maximum Gasteiger partial charge on any atom is 0.229 e. The molecule has 1 unspecified atom stereocenters. The van der Waals surface area contributed by atoms with Crippen molar-refractivity contribution in [2.45, 2.75) is 123 Å². The van der Waals surface area contributed by atoms with Gasteiger partial charge in [-0.1, -0.05) is 39.8 Å². The Balaban J connectivity index is 0.919. The van der Waals surface area contributed by atoms with Crippen LogP contribution in [-0.4, -0.2) is 47.9 Å². The first-order valence-corrected chi connectivity index (χ1v) is 18.3. The van der Waals surface area contributed by atoms with E-state index in [0.717, 1.165) is 55.0 Å². The zero-order valence-corrected chi connectivity index (χ0v) is 28.1. The zero-order chi connectivity index (χ0) is 31.6. The number of carbonyl (C=O) groups is 2. The highest BCUT2D eigenvalue weighted by molar-refractivity contribution is 5.96. The van der Waals surface area contributed by atoms with Crippen molar-refractivity contribution >= 4 is 11.8 Å². The van der Waals surface area contributed by atoms with Crippen molar-refractivity contribution in [3.8, 4) is 5.75 Å². The Kier molecular flexibility index (Phi) is 8.28. The van der Waals surface area contributed by atoms with Crippen LogP contribution in [0.1, 0.15) is 104 Å². The van der Waals surface area contributed by atoms with Crippen molar-refractivity contribution in [1.29, 1.82) is 0 Å². The van der Waals surface area contributed by atoms with E-state index >= 15 is 0 Å². The van der Waals surface area contributed by atoms with Gasteiger partial charge in [-0.25, -0.2) is 0 Å². The number of piperidine rings is 1. The lowest BCUT2D eigenvalue weighted by atomic mass is 9.44. The predicted octanol–water partition coefficient (Wildman–Crippen LogP) is 5.95. The van der Waals surface area contributed by atoms with Gasteiger partial charge in [-0.2, -0.15) is 0 Å². The molecule has 4 aliphatic carbocycles. The van der Waals surface area contributed by atoms with E-state index in [4.69, 9.17) is 4.74 Å². The van der Waals surface area contributed by atoms with Gasteiger partial charge >= 0.3 is 0 Å². The van der Waals surface area contributed by atoms with Gasteiger partial charge in [0.15, 0.2) is 0 Å². The Labute approximate surface area is 270 Å². The molecular formula is C38H57N3O4. The molecule has 45 heavy (non-hydrogen) atoms. The maximum atomic E-state index is 12.9. The summed E-state index contributed by atoms with van der Waals surface area (Å²) in [6, 6.07) is 7.17. The monoisotopic (exact) mass is 619 g/mol. The van der Waals surface area contributed by atoms with E-state index in [9.17, 15) is 14.7 Å². The van der Waals surface area contributed by atoms with Crippen LogP contribution < -0.4 is 16.0 Å². The minimum absolute atomic E-state index is 0.0897. The molecule has 1 spiro atoms. The lowest BCUT2D eigenvalue weighted by Gasteiger charge is -2.61. The van der Waals surface area contributed by atoms with Gasteiger partial charge < -0.3 is 20.5 Å². The molecule has 248 valence electrons. The van der Waals surface area contributed by atoms with Crippen molar-refractivity contribution in [2.24, 2.45) is 52.3 Å². The molecule has 7 heteroatoms. The van der Waals surface area contributed by atoms with E-state index in [1.165, 1.54) is 44.9 Å².